The number of hydrogen-bond donors (Lipinski definition) is 2. The molecule has 0 saturated carbocycles. The van der Waals surface area contributed by atoms with E-state index in [0.29, 0.717) is 33.9 Å². The van der Waals surface area contributed by atoms with E-state index >= 15 is 0 Å². The summed E-state index contributed by atoms with van der Waals surface area (Å²) in [5.74, 6) is 0.402. The van der Waals surface area contributed by atoms with Crippen molar-refractivity contribution in [2.24, 2.45) is 20.5 Å². The summed E-state index contributed by atoms with van der Waals surface area (Å²) < 4.78 is 51.9. The Labute approximate surface area is 322 Å². The maximum absolute atomic E-state index is 13.0. The van der Waals surface area contributed by atoms with E-state index in [0.717, 1.165) is 32.7 Å². The normalized spacial score (nSPS) is 12.4. The van der Waals surface area contributed by atoms with E-state index in [1.54, 1.807) is 38.1 Å². The Bertz CT molecular complexity index is 2460. The van der Waals surface area contributed by atoms with E-state index in [9.17, 15) is 27.0 Å². The number of aryl methyl sites for hydroxylation is 4. The van der Waals surface area contributed by atoms with Crippen LogP contribution in [-0.4, -0.2) is 50.1 Å². The largest absolute Gasteiger partial charge is 0.505 e. The zero-order chi connectivity index (χ0) is 38.6. The first-order chi connectivity index (χ1) is 25.7. The fraction of sp³-hybridized carbons (Fsp3) is 0.200. The molecule has 0 aliphatic carbocycles. The van der Waals surface area contributed by atoms with Gasteiger partial charge >= 0.3 is 0 Å². The molecule has 278 valence electrons. The first kappa shape index (κ1) is 38.9. The van der Waals surface area contributed by atoms with Gasteiger partial charge in [-0.3, -0.25) is 0 Å². The molecule has 0 aliphatic rings. The Hall–Kier alpha value is -4.76. The Kier molecular flexibility index (Phi) is 11.8. The molecule has 0 fully saturated rings. The van der Waals surface area contributed by atoms with Crippen molar-refractivity contribution >= 4 is 85.6 Å². The van der Waals surface area contributed by atoms with Gasteiger partial charge in [-0.15, -0.1) is 10.2 Å². The molecule has 6 rings (SSSR count). The van der Waals surface area contributed by atoms with Crippen molar-refractivity contribution in [2.75, 3.05) is 23.0 Å². The van der Waals surface area contributed by atoms with E-state index in [-0.39, 0.29) is 44.3 Å². The predicted octanol–water partition coefficient (Wildman–Crippen LogP) is 11.1. The summed E-state index contributed by atoms with van der Waals surface area (Å²) in [6.45, 7) is 7.58. The van der Waals surface area contributed by atoms with Crippen LogP contribution in [0, 0.1) is 27.7 Å². The predicted molar refractivity (Wildman–Crippen MR) is 220 cm³/mol. The average molecular weight is 799 g/mol. The third-order valence-corrected chi connectivity index (χ3v) is 15.1. The van der Waals surface area contributed by atoms with Crippen LogP contribution in [0.25, 0.3) is 21.5 Å². The lowest BCUT2D eigenvalue weighted by Crippen LogP contribution is -2.09. The number of rotatable bonds is 13. The second kappa shape index (κ2) is 16.3. The molecule has 0 aliphatic heterocycles. The van der Waals surface area contributed by atoms with E-state index in [1.165, 1.54) is 45.9 Å². The van der Waals surface area contributed by atoms with Crippen molar-refractivity contribution in [1.82, 2.24) is 0 Å². The molecule has 0 saturated heterocycles. The zero-order valence-corrected chi connectivity index (χ0v) is 33.3. The van der Waals surface area contributed by atoms with Crippen molar-refractivity contribution in [1.29, 1.82) is 0 Å². The summed E-state index contributed by atoms with van der Waals surface area (Å²) in [5, 5.41) is 41.8. The molecular weight excluding hydrogens is 761 g/mol. The first-order valence-electron chi connectivity index (χ1n) is 16.9. The summed E-state index contributed by atoms with van der Waals surface area (Å²) in [7, 11) is -4.57. The molecule has 0 unspecified atom stereocenters. The highest BCUT2D eigenvalue weighted by Gasteiger charge is 2.17. The lowest BCUT2D eigenvalue weighted by Gasteiger charge is -2.08. The molecule has 2 N–H and O–H groups in total. The van der Waals surface area contributed by atoms with Crippen LogP contribution in [-0.2, 0) is 19.7 Å². The molecule has 0 spiro atoms. The van der Waals surface area contributed by atoms with Crippen LogP contribution >= 0.6 is 21.6 Å². The molecule has 0 aromatic heterocycles. The smallest absolute Gasteiger partial charge is 0.179 e. The molecule has 54 heavy (non-hydrogen) atoms. The van der Waals surface area contributed by atoms with Gasteiger partial charge in [0.15, 0.2) is 19.7 Å². The monoisotopic (exact) mass is 798 g/mol. The summed E-state index contributed by atoms with van der Waals surface area (Å²) in [6, 6.07) is 27.6. The van der Waals surface area contributed by atoms with E-state index in [1.807, 2.05) is 62.4 Å². The van der Waals surface area contributed by atoms with Gasteiger partial charge in [0.25, 0.3) is 0 Å². The zero-order valence-electron chi connectivity index (χ0n) is 30.0. The number of benzene rings is 6. The summed E-state index contributed by atoms with van der Waals surface area (Å²) in [6.07, 6.45) is 0. The maximum Gasteiger partial charge on any atom is 0.179 e. The fourth-order valence-corrected chi connectivity index (χ4v) is 11.8. The highest BCUT2D eigenvalue weighted by Crippen LogP contribution is 2.41. The number of sulfone groups is 2. The van der Waals surface area contributed by atoms with E-state index < -0.39 is 19.7 Å². The standard InChI is InChI=1S/C40H38N4O6S4/c1-25-5-15-35-29(21-25)23-27(3)39(45)37(35)43-41-31-7-11-33(12-8-31)53(47,48)19-17-51-52-18-20-54(49,50)34-13-9-32(10-14-34)42-44-38-36-16-6-26(2)22-30(36)24-28(4)40(38)46/h5-16,21-24,45-46H,17-20H2,1-4H3/b43-41+,44-42+. The van der Waals surface area contributed by atoms with Gasteiger partial charge in [-0.1, -0.05) is 69.1 Å². The molecule has 0 amide bonds. The molecule has 10 nitrogen and oxygen atoms in total. The van der Waals surface area contributed by atoms with Gasteiger partial charge < -0.3 is 10.2 Å². The third-order valence-electron chi connectivity index (χ3n) is 8.74. The molecule has 0 heterocycles. The van der Waals surface area contributed by atoms with Gasteiger partial charge in [0.1, 0.15) is 22.9 Å². The van der Waals surface area contributed by atoms with E-state index in [2.05, 4.69) is 20.5 Å². The van der Waals surface area contributed by atoms with Gasteiger partial charge in [0.05, 0.1) is 32.7 Å². The lowest BCUT2D eigenvalue weighted by molar-refractivity contribution is 0.472. The Morgan fingerprint density at radius 1 is 0.500 bits per heavy atom. The van der Waals surface area contributed by atoms with Crippen molar-refractivity contribution < 1.29 is 27.0 Å². The molecule has 0 bridgehead atoms. The van der Waals surface area contributed by atoms with Crippen LogP contribution < -0.4 is 0 Å². The van der Waals surface area contributed by atoms with Gasteiger partial charge in [0, 0.05) is 22.3 Å². The quantitative estimate of drug-likeness (QED) is 0.0664. The van der Waals surface area contributed by atoms with Gasteiger partial charge in [-0.05, 0) is 110 Å². The molecular formula is C40H38N4O6S4. The second-order valence-corrected chi connectivity index (χ2v) is 19.8. The highest BCUT2D eigenvalue weighted by atomic mass is 33.1. The minimum absolute atomic E-state index is 0.0429. The highest BCUT2D eigenvalue weighted by molar-refractivity contribution is 8.76. The number of azo groups is 2. The summed E-state index contributed by atoms with van der Waals surface area (Å²) >= 11 is 0. The van der Waals surface area contributed by atoms with Crippen LogP contribution in [0.2, 0.25) is 0 Å². The fourth-order valence-electron chi connectivity index (χ4n) is 5.77. The average Bonchev–Trinajstić information content (AvgIpc) is 3.14. The van der Waals surface area contributed by atoms with Crippen molar-refractivity contribution in [3.8, 4) is 11.5 Å². The molecule has 6 aromatic carbocycles. The van der Waals surface area contributed by atoms with Gasteiger partial charge in [-0.25, -0.2) is 16.8 Å². The van der Waals surface area contributed by atoms with Gasteiger partial charge in [0.2, 0.25) is 0 Å². The second-order valence-electron chi connectivity index (χ2n) is 12.9. The Morgan fingerprint density at radius 3 is 1.24 bits per heavy atom. The number of fused-ring (bicyclic) bond motifs is 2. The molecule has 14 heteroatoms. The molecule has 0 atom stereocenters. The Balaban J connectivity index is 0.987. The number of nitrogens with zero attached hydrogens (tertiary/aromatic N) is 4. The van der Waals surface area contributed by atoms with Crippen LogP contribution in [0.3, 0.4) is 0 Å². The van der Waals surface area contributed by atoms with Crippen molar-refractivity contribution in [3.63, 3.8) is 0 Å². The third kappa shape index (κ3) is 8.95. The SMILES string of the molecule is Cc1ccc2c(/N=N/c3ccc(S(=O)(=O)CCSSCCS(=O)(=O)c4ccc(/N=N/c5c(O)c(C)cc6cc(C)ccc56)cc4)cc3)c(O)c(C)cc2c1. The number of aromatic hydroxyl groups is 2. The van der Waals surface area contributed by atoms with Crippen LogP contribution in [0.15, 0.2) is 127 Å². The Morgan fingerprint density at radius 2 is 0.870 bits per heavy atom. The topological polar surface area (TPSA) is 158 Å². The summed E-state index contributed by atoms with van der Waals surface area (Å²) in [5.41, 5.74) is 5.11. The lowest BCUT2D eigenvalue weighted by atomic mass is 10.0. The van der Waals surface area contributed by atoms with Crippen molar-refractivity contribution in [3.05, 3.63) is 119 Å². The van der Waals surface area contributed by atoms with Gasteiger partial charge in [-0.2, -0.15) is 10.2 Å². The van der Waals surface area contributed by atoms with Crippen LogP contribution in [0.4, 0.5) is 22.7 Å². The first-order valence-corrected chi connectivity index (χ1v) is 22.7. The van der Waals surface area contributed by atoms with Crippen LogP contribution in [0.1, 0.15) is 22.3 Å². The molecule has 0 radical (unpaired) electrons. The maximum atomic E-state index is 13.0. The molecule has 6 aromatic rings. The van der Waals surface area contributed by atoms with Crippen LogP contribution in [0.5, 0.6) is 11.5 Å². The number of hydrogen-bond acceptors (Lipinski definition) is 12. The number of phenols is 2. The number of phenolic OH excluding ortho intramolecular Hbond substituents is 2. The minimum atomic E-state index is -3.59. The van der Waals surface area contributed by atoms with E-state index in [4.69, 9.17) is 0 Å². The summed E-state index contributed by atoms with van der Waals surface area (Å²) in [4.78, 5) is 0.298. The van der Waals surface area contributed by atoms with Crippen molar-refractivity contribution in [2.45, 2.75) is 37.5 Å². The minimum Gasteiger partial charge on any atom is -0.505 e.